The van der Waals surface area contributed by atoms with Gasteiger partial charge in [-0.15, -0.1) is 0 Å². The van der Waals surface area contributed by atoms with E-state index in [-0.39, 0.29) is 0 Å². The van der Waals surface area contributed by atoms with E-state index in [0.29, 0.717) is 0 Å². The number of nitrogens with zero attached hydrogens (tertiary/aromatic N) is 2. The number of rotatable bonds is 7. The lowest BCUT2D eigenvalue weighted by Gasteiger charge is -2.20. The fourth-order valence-corrected chi connectivity index (χ4v) is 2.10. The van der Waals surface area contributed by atoms with E-state index in [1.54, 1.807) is 7.05 Å². The maximum Gasteiger partial charge on any atom is 0.0366 e. The van der Waals surface area contributed by atoms with Crippen molar-refractivity contribution in [3.8, 4) is 0 Å². The summed E-state index contributed by atoms with van der Waals surface area (Å²) < 4.78 is 0. The van der Waals surface area contributed by atoms with Crippen molar-refractivity contribution >= 4 is 18.0 Å². The number of anilines is 1. The Morgan fingerprint density at radius 2 is 1.76 bits per heavy atom. The molecule has 2 nitrogen and oxygen atoms in total. The Bertz CT molecular complexity index is 515. The second kappa shape index (κ2) is 9.76. The van der Waals surface area contributed by atoms with Gasteiger partial charge in [-0.05, 0) is 50.1 Å². The Balaban J connectivity index is 2.85. The van der Waals surface area contributed by atoms with E-state index in [0.717, 1.165) is 18.7 Å². The normalized spacial score (nSPS) is 12.9. The summed E-state index contributed by atoms with van der Waals surface area (Å²) in [6, 6.07) is 8.68. The maximum atomic E-state index is 3.99. The summed E-state index contributed by atoms with van der Waals surface area (Å²) in [5, 5.41) is 0. The average Bonchev–Trinajstić information content (AvgIpc) is 2.52. The standard InChI is InChI=1S/C19H26N2/c1-5-8-17(15-16-20-4)9-10-18-11-13-19(14-12-18)21(6-2)7-3/h5,8-16H,6-7H2,1-4H3/b8-5-,10-9+,17-15+,20-16+. The predicted molar refractivity (Wildman–Crippen MR) is 96.4 cm³/mol. The van der Waals surface area contributed by atoms with Crippen LogP contribution in [0.25, 0.3) is 6.08 Å². The molecule has 1 aromatic carbocycles. The Labute approximate surface area is 129 Å². The molecule has 2 heteroatoms. The first-order valence-electron chi connectivity index (χ1n) is 7.53. The molecule has 21 heavy (non-hydrogen) atoms. The van der Waals surface area contributed by atoms with E-state index in [1.165, 1.54) is 11.3 Å². The molecule has 0 atom stereocenters. The molecule has 0 spiro atoms. The summed E-state index contributed by atoms with van der Waals surface area (Å²) in [5.41, 5.74) is 3.62. The minimum absolute atomic E-state index is 1.04. The zero-order valence-corrected chi connectivity index (χ0v) is 13.6. The highest BCUT2D eigenvalue weighted by Gasteiger charge is 1.99. The summed E-state index contributed by atoms with van der Waals surface area (Å²) >= 11 is 0. The van der Waals surface area contributed by atoms with E-state index in [2.05, 4.69) is 66.2 Å². The van der Waals surface area contributed by atoms with Gasteiger partial charge in [0.15, 0.2) is 0 Å². The van der Waals surface area contributed by atoms with Crippen molar-refractivity contribution in [2.24, 2.45) is 4.99 Å². The molecule has 0 aliphatic heterocycles. The zero-order chi connectivity index (χ0) is 15.5. The molecule has 0 bridgehead atoms. The smallest absolute Gasteiger partial charge is 0.0366 e. The molecular formula is C19H26N2. The van der Waals surface area contributed by atoms with Crippen molar-refractivity contribution in [2.75, 3.05) is 25.0 Å². The van der Waals surface area contributed by atoms with Crippen LogP contribution in [-0.2, 0) is 0 Å². The van der Waals surface area contributed by atoms with Gasteiger partial charge in [-0.2, -0.15) is 0 Å². The summed E-state index contributed by atoms with van der Waals surface area (Å²) in [6.45, 7) is 8.46. The monoisotopic (exact) mass is 282 g/mol. The molecule has 112 valence electrons. The van der Waals surface area contributed by atoms with E-state index in [4.69, 9.17) is 0 Å². The van der Waals surface area contributed by atoms with Crippen molar-refractivity contribution in [3.63, 3.8) is 0 Å². The van der Waals surface area contributed by atoms with Gasteiger partial charge in [-0.3, -0.25) is 4.99 Å². The predicted octanol–water partition coefficient (Wildman–Crippen LogP) is 4.75. The van der Waals surface area contributed by atoms with Gasteiger partial charge in [0, 0.05) is 32.0 Å². The molecule has 0 N–H and O–H groups in total. The Morgan fingerprint density at radius 1 is 1.10 bits per heavy atom. The van der Waals surface area contributed by atoms with Crippen LogP contribution in [0.1, 0.15) is 26.3 Å². The first-order chi connectivity index (χ1) is 10.2. The van der Waals surface area contributed by atoms with Gasteiger partial charge < -0.3 is 4.90 Å². The van der Waals surface area contributed by atoms with Crippen LogP contribution in [0.2, 0.25) is 0 Å². The van der Waals surface area contributed by atoms with Gasteiger partial charge in [0.25, 0.3) is 0 Å². The summed E-state index contributed by atoms with van der Waals surface area (Å²) in [5.74, 6) is 0. The molecule has 0 saturated carbocycles. The van der Waals surface area contributed by atoms with Crippen LogP contribution >= 0.6 is 0 Å². The molecule has 1 aromatic rings. The lowest BCUT2D eigenvalue weighted by molar-refractivity contribution is 0.866. The van der Waals surface area contributed by atoms with Gasteiger partial charge >= 0.3 is 0 Å². The Kier molecular flexibility index (Phi) is 7.88. The molecule has 0 radical (unpaired) electrons. The fourth-order valence-electron chi connectivity index (χ4n) is 2.10. The molecule has 1 rings (SSSR count). The SMILES string of the molecule is C\C=C/C(/C=C/c1ccc(N(CC)CC)cc1)=C\C=N\C. The molecule has 0 aliphatic carbocycles. The lowest BCUT2D eigenvalue weighted by Crippen LogP contribution is -2.21. The summed E-state index contributed by atoms with van der Waals surface area (Å²) in [4.78, 5) is 6.33. The Morgan fingerprint density at radius 3 is 2.29 bits per heavy atom. The van der Waals surface area contributed by atoms with Crippen molar-refractivity contribution in [1.29, 1.82) is 0 Å². The van der Waals surface area contributed by atoms with Gasteiger partial charge in [0.05, 0.1) is 0 Å². The third-order valence-electron chi connectivity index (χ3n) is 3.27. The number of allylic oxidation sites excluding steroid dienone is 5. The Hall–Kier alpha value is -2.09. The summed E-state index contributed by atoms with van der Waals surface area (Å²) in [7, 11) is 1.78. The van der Waals surface area contributed by atoms with Gasteiger partial charge in [-0.25, -0.2) is 0 Å². The molecule has 0 aromatic heterocycles. The van der Waals surface area contributed by atoms with Crippen LogP contribution in [0.5, 0.6) is 0 Å². The molecule has 0 heterocycles. The zero-order valence-electron chi connectivity index (χ0n) is 13.6. The van der Waals surface area contributed by atoms with Gasteiger partial charge in [0.2, 0.25) is 0 Å². The van der Waals surface area contributed by atoms with Crippen LogP contribution in [-0.4, -0.2) is 26.4 Å². The first-order valence-corrected chi connectivity index (χ1v) is 7.53. The molecular weight excluding hydrogens is 256 g/mol. The highest BCUT2D eigenvalue weighted by Crippen LogP contribution is 2.16. The second-order valence-corrected chi connectivity index (χ2v) is 4.67. The first kappa shape index (κ1) is 17.0. The maximum absolute atomic E-state index is 3.99. The number of hydrogen-bond acceptors (Lipinski definition) is 2. The minimum atomic E-state index is 1.04. The largest absolute Gasteiger partial charge is 0.372 e. The number of hydrogen-bond donors (Lipinski definition) is 0. The molecule has 0 unspecified atom stereocenters. The van der Waals surface area contributed by atoms with Crippen LogP contribution in [0.3, 0.4) is 0 Å². The fraction of sp³-hybridized carbons (Fsp3) is 0.316. The quantitative estimate of drug-likeness (QED) is 0.520. The van der Waals surface area contributed by atoms with Crippen molar-refractivity contribution in [1.82, 2.24) is 0 Å². The molecule has 0 saturated heterocycles. The lowest BCUT2D eigenvalue weighted by atomic mass is 10.1. The van der Waals surface area contributed by atoms with E-state index in [9.17, 15) is 0 Å². The highest BCUT2D eigenvalue weighted by atomic mass is 15.1. The van der Waals surface area contributed by atoms with Crippen LogP contribution in [0.15, 0.2) is 59.1 Å². The molecule has 0 amide bonds. The van der Waals surface area contributed by atoms with Crippen LogP contribution in [0, 0.1) is 0 Å². The second-order valence-electron chi connectivity index (χ2n) is 4.67. The summed E-state index contributed by atoms with van der Waals surface area (Å²) in [6.07, 6.45) is 12.1. The van der Waals surface area contributed by atoms with E-state index in [1.807, 2.05) is 25.3 Å². The minimum Gasteiger partial charge on any atom is -0.372 e. The molecule has 0 aliphatic rings. The van der Waals surface area contributed by atoms with Crippen molar-refractivity contribution < 1.29 is 0 Å². The van der Waals surface area contributed by atoms with Crippen LogP contribution in [0.4, 0.5) is 5.69 Å². The van der Waals surface area contributed by atoms with Crippen molar-refractivity contribution in [2.45, 2.75) is 20.8 Å². The van der Waals surface area contributed by atoms with Crippen molar-refractivity contribution in [3.05, 3.63) is 59.7 Å². The number of benzene rings is 1. The van der Waals surface area contributed by atoms with Gasteiger partial charge in [0.1, 0.15) is 0 Å². The van der Waals surface area contributed by atoms with E-state index < -0.39 is 0 Å². The number of aliphatic imine (C=N–C) groups is 1. The molecule has 0 fully saturated rings. The third-order valence-corrected chi connectivity index (χ3v) is 3.27. The van der Waals surface area contributed by atoms with E-state index >= 15 is 0 Å². The average molecular weight is 282 g/mol. The van der Waals surface area contributed by atoms with Crippen LogP contribution < -0.4 is 4.90 Å². The highest BCUT2D eigenvalue weighted by molar-refractivity contribution is 5.75. The third kappa shape index (κ3) is 5.82. The van der Waals surface area contributed by atoms with Gasteiger partial charge in [-0.1, -0.05) is 36.4 Å². The topological polar surface area (TPSA) is 15.6 Å².